The molecule has 20 heavy (non-hydrogen) atoms. The first kappa shape index (κ1) is 17.1. The normalized spacial score (nSPS) is 22.8. The Hall–Kier alpha value is -0.960. The van der Waals surface area contributed by atoms with Crippen LogP contribution < -0.4 is 10.6 Å². The molecule has 0 bridgehead atoms. The average molecular weight is 324 g/mol. The van der Waals surface area contributed by atoms with Crippen LogP contribution in [0.2, 0.25) is 0 Å². The number of hydrogen-bond donors (Lipinski definition) is 3. The van der Waals surface area contributed by atoms with Crippen LogP contribution in [0, 0.1) is 0 Å². The van der Waals surface area contributed by atoms with E-state index >= 15 is 0 Å². The third-order valence-corrected chi connectivity index (χ3v) is 5.48. The summed E-state index contributed by atoms with van der Waals surface area (Å²) in [6.07, 6.45) is 3.29. The van der Waals surface area contributed by atoms with Gasteiger partial charge in [0.05, 0.1) is 11.5 Å². The summed E-state index contributed by atoms with van der Waals surface area (Å²) in [6, 6.07) is -2.02. The first-order valence-electron chi connectivity index (χ1n) is 6.33. The molecular weight excluding hydrogens is 304 g/mol. The molecule has 0 radical (unpaired) electrons. The largest absolute Gasteiger partial charge is 0.480 e. The van der Waals surface area contributed by atoms with Crippen molar-refractivity contribution in [2.45, 2.75) is 31.3 Å². The van der Waals surface area contributed by atoms with Crippen molar-refractivity contribution in [3.05, 3.63) is 0 Å². The number of sulfone groups is 1. The van der Waals surface area contributed by atoms with Gasteiger partial charge in [-0.25, -0.2) is 18.0 Å². The highest BCUT2D eigenvalue weighted by molar-refractivity contribution is 7.98. The quantitative estimate of drug-likeness (QED) is 0.637. The van der Waals surface area contributed by atoms with Gasteiger partial charge in [0.2, 0.25) is 0 Å². The lowest BCUT2D eigenvalue weighted by Crippen LogP contribution is -2.51. The maximum atomic E-state index is 11.7. The first-order valence-corrected chi connectivity index (χ1v) is 9.55. The van der Waals surface area contributed by atoms with E-state index in [1.807, 2.05) is 6.26 Å². The number of urea groups is 1. The van der Waals surface area contributed by atoms with Gasteiger partial charge in [-0.05, 0) is 31.3 Å². The zero-order valence-electron chi connectivity index (χ0n) is 11.3. The predicted molar refractivity (Wildman–Crippen MR) is 77.8 cm³/mol. The maximum absolute atomic E-state index is 11.7. The summed E-state index contributed by atoms with van der Waals surface area (Å²) in [5.74, 6) is -0.401. The highest BCUT2D eigenvalue weighted by Gasteiger charge is 2.27. The molecule has 3 N–H and O–H groups in total. The van der Waals surface area contributed by atoms with Gasteiger partial charge in [-0.2, -0.15) is 11.8 Å². The highest BCUT2D eigenvalue weighted by atomic mass is 32.2. The number of aliphatic carboxylic acids is 1. The van der Waals surface area contributed by atoms with Crippen LogP contribution in [0.25, 0.3) is 0 Å². The van der Waals surface area contributed by atoms with E-state index in [9.17, 15) is 18.0 Å². The molecule has 1 unspecified atom stereocenters. The second-order valence-electron chi connectivity index (χ2n) is 4.74. The standard InChI is InChI=1S/C11H20N2O5S2/c1-19-5-4-9(10(14)15)13-11(16)12-8-3-2-6-20(17,18)7-8/h8-9H,2-7H2,1H3,(H,14,15)(H2,12,13,16)/t8?,9-/m0/s1. The Balaban J connectivity index is 2.47. The summed E-state index contributed by atoms with van der Waals surface area (Å²) < 4.78 is 22.9. The minimum absolute atomic E-state index is 0.0804. The number of rotatable bonds is 6. The van der Waals surface area contributed by atoms with E-state index < -0.39 is 33.9 Å². The molecule has 1 fully saturated rings. The van der Waals surface area contributed by atoms with Gasteiger partial charge in [0.1, 0.15) is 6.04 Å². The molecule has 0 aromatic carbocycles. The van der Waals surface area contributed by atoms with Gasteiger partial charge in [0, 0.05) is 6.04 Å². The minimum Gasteiger partial charge on any atom is -0.480 e. The molecule has 0 aromatic rings. The van der Waals surface area contributed by atoms with Gasteiger partial charge in [-0.1, -0.05) is 0 Å². The SMILES string of the molecule is CSCC[C@H](NC(=O)NC1CCCS(=O)(=O)C1)C(=O)O. The number of carboxylic acid groups (broad SMARTS) is 1. The van der Waals surface area contributed by atoms with E-state index in [-0.39, 0.29) is 11.5 Å². The van der Waals surface area contributed by atoms with Crippen LogP contribution in [0.5, 0.6) is 0 Å². The van der Waals surface area contributed by atoms with E-state index in [4.69, 9.17) is 5.11 Å². The number of carbonyl (C=O) groups excluding carboxylic acids is 1. The molecule has 2 atom stereocenters. The predicted octanol–water partition coefficient (Wildman–Crippen LogP) is 0.0691. The summed E-state index contributed by atoms with van der Waals surface area (Å²) in [7, 11) is -3.10. The lowest BCUT2D eigenvalue weighted by atomic mass is 10.2. The van der Waals surface area contributed by atoms with E-state index in [0.717, 1.165) is 0 Å². The van der Waals surface area contributed by atoms with E-state index in [2.05, 4.69) is 10.6 Å². The molecular formula is C11H20N2O5S2. The Kier molecular flexibility index (Phi) is 6.60. The summed E-state index contributed by atoms with van der Waals surface area (Å²) in [5.41, 5.74) is 0. The summed E-state index contributed by atoms with van der Waals surface area (Å²) >= 11 is 1.50. The molecule has 0 aliphatic carbocycles. The second-order valence-corrected chi connectivity index (χ2v) is 7.96. The zero-order chi connectivity index (χ0) is 15.2. The van der Waals surface area contributed by atoms with Crippen LogP contribution in [-0.4, -0.2) is 61.1 Å². The topological polar surface area (TPSA) is 113 Å². The smallest absolute Gasteiger partial charge is 0.326 e. The average Bonchev–Trinajstić information content (AvgIpc) is 2.32. The maximum Gasteiger partial charge on any atom is 0.326 e. The van der Waals surface area contributed by atoms with Gasteiger partial charge in [-0.3, -0.25) is 0 Å². The Morgan fingerprint density at radius 1 is 1.45 bits per heavy atom. The third kappa shape index (κ3) is 6.00. The van der Waals surface area contributed by atoms with Crippen LogP contribution in [-0.2, 0) is 14.6 Å². The molecule has 1 aliphatic heterocycles. The van der Waals surface area contributed by atoms with Crippen molar-refractivity contribution in [2.75, 3.05) is 23.5 Å². The zero-order valence-corrected chi connectivity index (χ0v) is 12.9. The van der Waals surface area contributed by atoms with Gasteiger partial charge in [0.15, 0.2) is 9.84 Å². The monoisotopic (exact) mass is 324 g/mol. The van der Waals surface area contributed by atoms with Crippen LogP contribution in [0.1, 0.15) is 19.3 Å². The van der Waals surface area contributed by atoms with Crippen LogP contribution in [0.4, 0.5) is 4.79 Å². The second kappa shape index (κ2) is 7.72. The van der Waals surface area contributed by atoms with Gasteiger partial charge < -0.3 is 15.7 Å². The van der Waals surface area contributed by atoms with Crippen molar-refractivity contribution in [1.29, 1.82) is 0 Å². The third-order valence-electron chi connectivity index (χ3n) is 3.01. The van der Waals surface area contributed by atoms with Crippen LogP contribution in [0.15, 0.2) is 0 Å². The molecule has 1 heterocycles. The highest BCUT2D eigenvalue weighted by Crippen LogP contribution is 2.11. The lowest BCUT2D eigenvalue weighted by Gasteiger charge is -2.24. The molecule has 9 heteroatoms. The van der Waals surface area contributed by atoms with Crippen LogP contribution in [0.3, 0.4) is 0 Å². The lowest BCUT2D eigenvalue weighted by molar-refractivity contribution is -0.139. The Morgan fingerprint density at radius 3 is 2.70 bits per heavy atom. The van der Waals surface area contributed by atoms with Gasteiger partial charge in [0.25, 0.3) is 0 Å². The minimum atomic E-state index is -3.10. The Morgan fingerprint density at radius 2 is 2.15 bits per heavy atom. The van der Waals surface area contributed by atoms with Crippen molar-refractivity contribution in [1.82, 2.24) is 10.6 Å². The van der Waals surface area contributed by atoms with Crippen molar-refractivity contribution in [3.8, 4) is 0 Å². The van der Waals surface area contributed by atoms with E-state index in [0.29, 0.717) is 25.0 Å². The van der Waals surface area contributed by atoms with Crippen molar-refractivity contribution >= 4 is 33.6 Å². The number of carboxylic acids is 1. The number of amides is 2. The Bertz CT molecular complexity index is 452. The fourth-order valence-electron chi connectivity index (χ4n) is 2.02. The molecule has 1 rings (SSSR count). The molecule has 1 aliphatic rings. The molecule has 116 valence electrons. The number of nitrogens with one attached hydrogen (secondary N) is 2. The van der Waals surface area contributed by atoms with E-state index in [1.54, 1.807) is 0 Å². The summed E-state index contributed by atoms with van der Waals surface area (Å²) in [5, 5.41) is 13.9. The summed E-state index contributed by atoms with van der Waals surface area (Å²) in [4.78, 5) is 22.7. The fourth-order valence-corrected chi connectivity index (χ4v) is 4.12. The van der Waals surface area contributed by atoms with Crippen molar-refractivity contribution in [2.24, 2.45) is 0 Å². The van der Waals surface area contributed by atoms with Crippen molar-refractivity contribution < 1.29 is 23.1 Å². The molecule has 1 saturated heterocycles. The molecule has 2 amide bonds. The van der Waals surface area contributed by atoms with E-state index in [1.165, 1.54) is 11.8 Å². The molecule has 0 saturated carbocycles. The molecule has 0 aromatic heterocycles. The Labute approximate surface area is 122 Å². The molecule has 7 nitrogen and oxygen atoms in total. The van der Waals surface area contributed by atoms with Gasteiger partial charge >= 0.3 is 12.0 Å². The summed E-state index contributed by atoms with van der Waals surface area (Å²) in [6.45, 7) is 0. The number of thioether (sulfide) groups is 1. The number of carbonyl (C=O) groups is 2. The molecule has 0 spiro atoms. The van der Waals surface area contributed by atoms with Crippen molar-refractivity contribution in [3.63, 3.8) is 0 Å². The van der Waals surface area contributed by atoms with Crippen LogP contribution >= 0.6 is 11.8 Å². The number of hydrogen-bond acceptors (Lipinski definition) is 5. The fraction of sp³-hybridized carbons (Fsp3) is 0.818. The first-order chi connectivity index (χ1) is 9.34. The van der Waals surface area contributed by atoms with Gasteiger partial charge in [-0.15, -0.1) is 0 Å².